The van der Waals surface area contributed by atoms with Gasteiger partial charge in [0.15, 0.2) is 0 Å². The van der Waals surface area contributed by atoms with E-state index < -0.39 is 0 Å². The molecule has 196 valence electrons. The van der Waals surface area contributed by atoms with Crippen molar-refractivity contribution in [2.24, 2.45) is 0 Å². The second kappa shape index (κ2) is 10.7. The molecule has 2 aliphatic carbocycles. The molecule has 1 saturated carbocycles. The highest BCUT2D eigenvalue weighted by atomic mass is 16.5. The van der Waals surface area contributed by atoms with E-state index in [0.29, 0.717) is 23.8 Å². The number of imidazole rings is 1. The van der Waals surface area contributed by atoms with Crippen LogP contribution in [0.25, 0.3) is 33.3 Å². The Morgan fingerprint density at radius 3 is 2.84 bits per heavy atom. The second-order valence-electron chi connectivity index (χ2n) is 10.5. The lowest BCUT2D eigenvalue weighted by Gasteiger charge is -2.37. The SMILES string of the molecule is CCOCCC(C)N[C@H]1C[C@@H](c2nc(-c3ccc4ccc(C5=CCCC=C5)nc4c3)c3c(N)nccn32)C1. The molecular weight excluding hydrogens is 472 g/mol. The number of anilines is 1. The minimum atomic E-state index is 0.379. The van der Waals surface area contributed by atoms with Gasteiger partial charge in [-0.3, -0.25) is 4.40 Å². The van der Waals surface area contributed by atoms with Gasteiger partial charge in [0.2, 0.25) is 0 Å². The lowest BCUT2D eigenvalue weighted by molar-refractivity contribution is 0.133. The molecule has 3 N–H and O–H groups in total. The van der Waals surface area contributed by atoms with Crippen molar-refractivity contribution in [1.29, 1.82) is 0 Å². The van der Waals surface area contributed by atoms with Gasteiger partial charge in [-0.25, -0.2) is 15.0 Å². The van der Waals surface area contributed by atoms with Gasteiger partial charge < -0.3 is 15.8 Å². The topological polar surface area (TPSA) is 90.4 Å². The zero-order valence-corrected chi connectivity index (χ0v) is 22.2. The molecule has 3 aromatic heterocycles. The third kappa shape index (κ3) is 4.84. The summed E-state index contributed by atoms with van der Waals surface area (Å²) in [7, 11) is 0. The molecule has 0 radical (unpaired) electrons. The van der Waals surface area contributed by atoms with Gasteiger partial charge in [0.1, 0.15) is 22.9 Å². The molecular formula is C31H36N6O. The average Bonchev–Trinajstić information content (AvgIpc) is 3.31. The first-order valence-electron chi connectivity index (χ1n) is 13.8. The predicted molar refractivity (Wildman–Crippen MR) is 154 cm³/mol. The second-order valence-corrected chi connectivity index (χ2v) is 10.5. The van der Waals surface area contributed by atoms with Crippen LogP contribution in [0.15, 0.2) is 61.0 Å². The Morgan fingerprint density at radius 1 is 1.16 bits per heavy atom. The van der Waals surface area contributed by atoms with Crippen LogP contribution < -0.4 is 11.1 Å². The van der Waals surface area contributed by atoms with E-state index in [4.69, 9.17) is 20.4 Å². The molecule has 0 spiro atoms. The molecule has 3 heterocycles. The third-order valence-corrected chi connectivity index (χ3v) is 7.79. The highest BCUT2D eigenvalue weighted by Crippen LogP contribution is 2.40. The molecule has 1 unspecified atom stereocenters. The van der Waals surface area contributed by atoms with E-state index in [1.165, 1.54) is 5.57 Å². The van der Waals surface area contributed by atoms with Crippen molar-refractivity contribution in [1.82, 2.24) is 24.7 Å². The van der Waals surface area contributed by atoms with E-state index >= 15 is 0 Å². The number of ether oxygens (including phenoxy) is 1. The summed E-state index contributed by atoms with van der Waals surface area (Å²) in [6.45, 7) is 5.85. The first-order chi connectivity index (χ1) is 18.6. The number of allylic oxidation sites excluding steroid dienone is 4. The van der Waals surface area contributed by atoms with Gasteiger partial charge in [0.05, 0.1) is 11.2 Å². The van der Waals surface area contributed by atoms with Crippen molar-refractivity contribution in [3.63, 3.8) is 0 Å². The molecule has 0 amide bonds. The Balaban J connectivity index is 1.29. The molecule has 0 saturated heterocycles. The summed E-state index contributed by atoms with van der Waals surface area (Å²) < 4.78 is 7.66. The average molecular weight is 509 g/mol. The highest BCUT2D eigenvalue weighted by molar-refractivity contribution is 5.91. The van der Waals surface area contributed by atoms with Crippen LogP contribution in [0.5, 0.6) is 0 Å². The first kappa shape index (κ1) is 24.8. The van der Waals surface area contributed by atoms with E-state index in [9.17, 15) is 0 Å². The number of hydrogen-bond acceptors (Lipinski definition) is 6. The molecule has 7 nitrogen and oxygen atoms in total. The molecule has 7 heteroatoms. The number of nitrogens with two attached hydrogens (primary N) is 1. The van der Waals surface area contributed by atoms with E-state index in [2.05, 4.69) is 70.2 Å². The fourth-order valence-corrected chi connectivity index (χ4v) is 5.66. The minimum Gasteiger partial charge on any atom is -0.382 e. The van der Waals surface area contributed by atoms with Crippen LogP contribution in [0, 0.1) is 0 Å². The van der Waals surface area contributed by atoms with Gasteiger partial charge >= 0.3 is 0 Å². The maximum Gasteiger partial charge on any atom is 0.150 e. The summed E-state index contributed by atoms with van der Waals surface area (Å²) in [5.41, 5.74) is 12.3. The van der Waals surface area contributed by atoms with Gasteiger partial charge in [-0.05, 0) is 63.7 Å². The molecule has 1 fully saturated rings. The van der Waals surface area contributed by atoms with Crippen molar-refractivity contribution in [2.75, 3.05) is 18.9 Å². The fourth-order valence-electron chi connectivity index (χ4n) is 5.66. The normalized spacial score (nSPS) is 20.0. The monoisotopic (exact) mass is 508 g/mol. The van der Waals surface area contributed by atoms with Gasteiger partial charge in [0.25, 0.3) is 0 Å². The van der Waals surface area contributed by atoms with Crippen LogP contribution in [-0.4, -0.2) is 44.7 Å². The molecule has 4 aromatic rings. The first-order valence-corrected chi connectivity index (χ1v) is 13.8. The molecule has 0 bridgehead atoms. The molecule has 0 aliphatic heterocycles. The lowest BCUT2D eigenvalue weighted by atomic mass is 9.79. The summed E-state index contributed by atoms with van der Waals surface area (Å²) in [4.78, 5) is 14.6. The Morgan fingerprint density at radius 2 is 2.03 bits per heavy atom. The standard InChI is InChI=1S/C31H36N6O/c1-3-38-16-13-20(2)34-25-17-24(18-25)31-36-28(29-30(32)33-14-15-37(29)31)23-10-9-22-11-12-26(35-27(22)19-23)21-7-5-4-6-8-21/h5,7-12,14-15,19-20,24-25,34H,3-4,6,13,16-18H2,1-2H3,(H2,32,33)/t20?,24-,25+. The van der Waals surface area contributed by atoms with E-state index in [-0.39, 0.29) is 0 Å². The largest absolute Gasteiger partial charge is 0.382 e. The molecule has 1 aromatic carbocycles. The van der Waals surface area contributed by atoms with Gasteiger partial charge in [-0.1, -0.05) is 36.4 Å². The number of hydrogen-bond donors (Lipinski definition) is 2. The van der Waals surface area contributed by atoms with Crippen LogP contribution in [0.3, 0.4) is 0 Å². The molecule has 1 atom stereocenters. The van der Waals surface area contributed by atoms with Gasteiger partial charge in [-0.15, -0.1) is 0 Å². The van der Waals surface area contributed by atoms with Crippen molar-refractivity contribution in [3.05, 3.63) is 72.5 Å². The van der Waals surface area contributed by atoms with Crippen LogP contribution in [0.1, 0.15) is 63.4 Å². The number of pyridine rings is 1. The number of nitrogens with zero attached hydrogens (tertiary/aromatic N) is 4. The number of nitrogens with one attached hydrogen (secondary N) is 1. The number of rotatable bonds is 9. The van der Waals surface area contributed by atoms with E-state index in [1.807, 2.05) is 13.1 Å². The zero-order chi connectivity index (χ0) is 26.1. The minimum absolute atomic E-state index is 0.379. The summed E-state index contributed by atoms with van der Waals surface area (Å²) >= 11 is 0. The van der Waals surface area contributed by atoms with Crippen molar-refractivity contribution in [3.8, 4) is 11.3 Å². The molecule has 38 heavy (non-hydrogen) atoms. The van der Waals surface area contributed by atoms with Crippen molar-refractivity contribution >= 4 is 27.8 Å². The van der Waals surface area contributed by atoms with Crippen LogP contribution >= 0.6 is 0 Å². The number of aromatic nitrogens is 4. The number of nitrogen functional groups attached to an aromatic ring is 1. The Hall–Kier alpha value is -3.55. The Kier molecular flexibility index (Phi) is 6.96. The van der Waals surface area contributed by atoms with Gasteiger partial charge in [-0.2, -0.15) is 0 Å². The Bertz CT molecular complexity index is 1510. The number of fused-ring (bicyclic) bond motifs is 2. The van der Waals surface area contributed by atoms with Crippen LogP contribution in [0.4, 0.5) is 5.82 Å². The summed E-state index contributed by atoms with van der Waals surface area (Å²) in [6.07, 6.45) is 15.7. The zero-order valence-electron chi connectivity index (χ0n) is 22.2. The summed E-state index contributed by atoms with van der Waals surface area (Å²) in [5, 5.41) is 4.86. The number of benzene rings is 1. The lowest BCUT2D eigenvalue weighted by Crippen LogP contribution is -2.45. The Labute approximate surface area is 223 Å². The van der Waals surface area contributed by atoms with Crippen molar-refractivity contribution in [2.45, 2.75) is 64.0 Å². The van der Waals surface area contributed by atoms with Crippen molar-refractivity contribution < 1.29 is 4.74 Å². The fraction of sp³-hybridized carbons (Fsp3) is 0.387. The maximum atomic E-state index is 6.43. The van der Waals surface area contributed by atoms with E-state index in [1.54, 1.807) is 6.20 Å². The van der Waals surface area contributed by atoms with E-state index in [0.717, 1.165) is 84.5 Å². The molecule has 2 aliphatic rings. The predicted octanol–water partition coefficient (Wildman–Crippen LogP) is 5.91. The highest BCUT2D eigenvalue weighted by Gasteiger charge is 2.35. The quantitative estimate of drug-likeness (QED) is 0.273. The summed E-state index contributed by atoms with van der Waals surface area (Å²) in [6, 6.07) is 11.6. The third-order valence-electron chi connectivity index (χ3n) is 7.79. The summed E-state index contributed by atoms with van der Waals surface area (Å²) in [5.74, 6) is 1.94. The smallest absolute Gasteiger partial charge is 0.150 e. The maximum absolute atomic E-state index is 6.43. The van der Waals surface area contributed by atoms with Gasteiger partial charge in [0, 0.05) is 54.6 Å². The van der Waals surface area contributed by atoms with Crippen LogP contribution in [-0.2, 0) is 4.74 Å². The molecule has 6 rings (SSSR count). The van der Waals surface area contributed by atoms with Crippen LogP contribution in [0.2, 0.25) is 0 Å².